The molecule has 1 unspecified atom stereocenters. The molecule has 1 aliphatic carbocycles. The maximum absolute atomic E-state index is 6.42. The summed E-state index contributed by atoms with van der Waals surface area (Å²) in [7, 11) is 2.23. The van der Waals surface area contributed by atoms with Gasteiger partial charge in [-0.3, -0.25) is 9.56 Å². The van der Waals surface area contributed by atoms with Crippen molar-refractivity contribution in [1.82, 2.24) is 24.6 Å². The van der Waals surface area contributed by atoms with Gasteiger partial charge >= 0.3 is 0 Å². The van der Waals surface area contributed by atoms with Crippen molar-refractivity contribution >= 4 is 17.0 Å². The summed E-state index contributed by atoms with van der Waals surface area (Å²) >= 11 is 1.77. The number of aryl methyl sites for hydroxylation is 2. The van der Waals surface area contributed by atoms with Crippen LogP contribution in [0.1, 0.15) is 70.8 Å². The molecule has 1 atom stereocenters. The Morgan fingerprint density at radius 1 is 1.08 bits per heavy atom. The Labute approximate surface area is 232 Å². The quantitative estimate of drug-likeness (QED) is 0.325. The number of hydrogen-bond acceptors (Lipinski definition) is 8. The Hall–Kier alpha value is -3.30. The average Bonchev–Trinajstić information content (AvgIpc) is 3.61. The molecule has 9 heteroatoms. The van der Waals surface area contributed by atoms with Crippen molar-refractivity contribution in [2.45, 2.75) is 65.0 Å². The number of ether oxygens (including phenoxy) is 1. The summed E-state index contributed by atoms with van der Waals surface area (Å²) in [6, 6.07) is 8.23. The molecule has 0 bridgehead atoms. The van der Waals surface area contributed by atoms with Gasteiger partial charge in [-0.1, -0.05) is 0 Å². The van der Waals surface area contributed by atoms with Crippen LogP contribution in [0.4, 0.5) is 0 Å². The normalized spacial score (nSPS) is 20.7. The Morgan fingerprint density at radius 2 is 1.85 bits per heavy atom. The lowest BCUT2D eigenvalue weighted by Gasteiger charge is -2.51. The molecule has 0 amide bonds. The molecule has 202 valence electrons. The van der Waals surface area contributed by atoms with Crippen LogP contribution in [-0.4, -0.2) is 56.6 Å². The standard InChI is InChI=1S/C30H34N6O2S/c1-18-19(2)39-29-26(18)27(32-24(15-25-31-11-14-37-25)28-34-33-20(3)36(28)29)21-5-7-22(8-6-21)38-23-16-30(17-23)9-12-35(4)13-10-30/h5-8,11,14,23-24H,9-10,12-13,15-17H2,1-4H3. The molecule has 2 fully saturated rings. The van der Waals surface area contributed by atoms with E-state index in [1.54, 1.807) is 23.8 Å². The molecule has 5 heterocycles. The maximum Gasteiger partial charge on any atom is 0.196 e. The molecule has 1 aromatic carbocycles. The number of aliphatic imine (C=N–C) groups is 1. The van der Waals surface area contributed by atoms with Crippen molar-refractivity contribution < 1.29 is 9.15 Å². The second-order valence-electron chi connectivity index (χ2n) is 11.5. The Balaban J connectivity index is 1.20. The minimum absolute atomic E-state index is 0.268. The van der Waals surface area contributed by atoms with E-state index in [1.807, 2.05) is 6.92 Å². The summed E-state index contributed by atoms with van der Waals surface area (Å²) in [6.45, 7) is 8.77. The Bertz CT molecular complexity index is 1520. The molecule has 0 N–H and O–H groups in total. The third-order valence-electron chi connectivity index (χ3n) is 8.89. The van der Waals surface area contributed by atoms with E-state index in [-0.39, 0.29) is 6.04 Å². The number of piperidine rings is 1. The third-order valence-corrected chi connectivity index (χ3v) is 10.1. The number of aromatic nitrogens is 4. The van der Waals surface area contributed by atoms with Crippen LogP contribution in [0.15, 0.2) is 46.1 Å². The van der Waals surface area contributed by atoms with Gasteiger partial charge in [0, 0.05) is 16.0 Å². The van der Waals surface area contributed by atoms with Crippen molar-refractivity contribution in [3.8, 4) is 10.8 Å². The summed E-state index contributed by atoms with van der Waals surface area (Å²) in [4.78, 5) is 13.4. The summed E-state index contributed by atoms with van der Waals surface area (Å²) in [5.74, 6) is 3.24. The van der Waals surface area contributed by atoms with Crippen LogP contribution in [0.5, 0.6) is 5.75 Å². The minimum Gasteiger partial charge on any atom is -0.490 e. The molecule has 0 radical (unpaired) electrons. The highest BCUT2D eigenvalue weighted by Crippen LogP contribution is 2.50. The van der Waals surface area contributed by atoms with Gasteiger partial charge < -0.3 is 14.1 Å². The van der Waals surface area contributed by atoms with Crippen molar-refractivity contribution in [3.63, 3.8) is 0 Å². The van der Waals surface area contributed by atoms with E-state index in [9.17, 15) is 0 Å². The molecule has 8 nitrogen and oxygen atoms in total. The highest BCUT2D eigenvalue weighted by molar-refractivity contribution is 7.15. The van der Waals surface area contributed by atoms with E-state index in [4.69, 9.17) is 14.1 Å². The number of thiophene rings is 1. The number of fused-ring (bicyclic) bond motifs is 3. The van der Waals surface area contributed by atoms with Crippen LogP contribution < -0.4 is 4.74 Å². The molecule has 1 saturated heterocycles. The summed E-state index contributed by atoms with van der Waals surface area (Å²) < 4.78 is 14.2. The monoisotopic (exact) mass is 542 g/mol. The topological polar surface area (TPSA) is 81.6 Å². The second-order valence-corrected chi connectivity index (χ2v) is 12.7. The Kier molecular flexibility index (Phi) is 5.97. The minimum atomic E-state index is -0.268. The van der Waals surface area contributed by atoms with Gasteiger partial charge in [0.25, 0.3) is 0 Å². The van der Waals surface area contributed by atoms with Crippen LogP contribution in [0.25, 0.3) is 5.00 Å². The zero-order valence-electron chi connectivity index (χ0n) is 23.0. The number of nitrogens with zero attached hydrogens (tertiary/aromatic N) is 6. The van der Waals surface area contributed by atoms with E-state index in [1.165, 1.54) is 49.2 Å². The van der Waals surface area contributed by atoms with E-state index >= 15 is 0 Å². The molecule has 3 aromatic heterocycles. The number of rotatable bonds is 5. The van der Waals surface area contributed by atoms with Crippen molar-refractivity contribution in [1.29, 1.82) is 0 Å². The van der Waals surface area contributed by atoms with E-state index in [0.29, 0.717) is 23.8 Å². The van der Waals surface area contributed by atoms with Gasteiger partial charge in [-0.15, -0.1) is 21.5 Å². The van der Waals surface area contributed by atoms with Gasteiger partial charge in [-0.25, -0.2) is 4.98 Å². The predicted octanol–water partition coefficient (Wildman–Crippen LogP) is 5.63. The summed E-state index contributed by atoms with van der Waals surface area (Å²) in [6.07, 6.45) is 9.05. The molecule has 1 saturated carbocycles. The zero-order chi connectivity index (χ0) is 26.7. The van der Waals surface area contributed by atoms with Crippen molar-refractivity contribution in [3.05, 3.63) is 75.8 Å². The molecular formula is C30H34N6O2S. The van der Waals surface area contributed by atoms with Gasteiger partial charge in [0.15, 0.2) is 11.7 Å². The summed E-state index contributed by atoms with van der Waals surface area (Å²) in [5.41, 5.74) is 4.93. The fourth-order valence-electron chi connectivity index (χ4n) is 6.42. The lowest BCUT2D eigenvalue weighted by Crippen LogP contribution is -2.50. The average molecular weight is 543 g/mol. The van der Waals surface area contributed by atoms with Crippen molar-refractivity contribution in [2.75, 3.05) is 20.1 Å². The van der Waals surface area contributed by atoms with Crippen LogP contribution in [0.2, 0.25) is 0 Å². The van der Waals surface area contributed by atoms with Crippen LogP contribution in [-0.2, 0) is 6.42 Å². The SMILES string of the molecule is Cc1sc2c(c1C)C(c1ccc(OC3CC4(CCN(C)CC4)C3)cc1)=NC(Cc1ncco1)c1nnc(C)n1-2. The lowest BCUT2D eigenvalue weighted by molar-refractivity contribution is -0.0516. The number of hydrogen-bond donors (Lipinski definition) is 0. The molecule has 4 aromatic rings. The van der Waals surface area contributed by atoms with Gasteiger partial charge in [0.1, 0.15) is 28.9 Å². The fourth-order valence-corrected chi connectivity index (χ4v) is 7.63. The van der Waals surface area contributed by atoms with Crippen LogP contribution in [0.3, 0.4) is 0 Å². The smallest absolute Gasteiger partial charge is 0.196 e. The van der Waals surface area contributed by atoms with Crippen molar-refractivity contribution in [2.24, 2.45) is 10.4 Å². The van der Waals surface area contributed by atoms with Gasteiger partial charge in [0.05, 0.1) is 24.4 Å². The van der Waals surface area contributed by atoms with E-state index in [0.717, 1.165) is 39.2 Å². The first-order chi connectivity index (χ1) is 18.9. The maximum atomic E-state index is 6.42. The summed E-state index contributed by atoms with van der Waals surface area (Å²) in [5, 5.41) is 10.1. The first kappa shape index (κ1) is 24.7. The third kappa shape index (κ3) is 4.32. The lowest BCUT2D eigenvalue weighted by atomic mass is 9.61. The van der Waals surface area contributed by atoms with Crippen LogP contribution in [0, 0.1) is 26.2 Å². The number of likely N-dealkylation sites (tertiary alicyclic amines) is 1. The Morgan fingerprint density at radius 3 is 2.56 bits per heavy atom. The number of oxazole rings is 1. The molecular weight excluding hydrogens is 508 g/mol. The molecule has 1 spiro atoms. The number of benzene rings is 1. The first-order valence-corrected chi connectivity index (χ1v) is 14.7. The first-order valence-electron chi connectivity index (χ1n) is 13.8. The molecule has 7 rings (SSSR count). The van der Waals surface area contributed by atoms with Gasteiger partial charge in [-0.05, 0) is 102 Å². The van der Waals surface area contributed by atoms with Gasteiger partial charge in [0.2, 0.25) is 0 Å². The fraction of sp³-hybridized carbons (Fsp3) is 0.467. The predicted molar refractivity (Wildman–Crippen MR) is 151 cm³/mol. The second kappa shape index (κ2) is 9.41. The largest absolute Gasteiger partial charge is 0.490 e. The molecule has 2 aliphatic heterocycles. The highest BCUT2D eigenvalue weighted by Gasteiger charge is 2.46. The van der Waals surface area contributed by atoms with E-state index in [2.05, 4.69) is 69.8 Å². The molecule has 3 aliphatic rings. The van der Waals surface area contributed by atoms with Crippen LogP contribution >= 0.6 is 11.3 Å². The highest BCUT2D eigenvalue weighted by atomic mass is 32.1. The van der Waals surface area contributed by atoms with Gasteiger partial charge in [-0.2, -0.15) is 0 Å². The van der Waals surface area contributed by atoms with E-state index < -0.39 is 0 Å². The molecule has 39 heavy (non-hydrogen) atoms. The zero-order valence-corrected chi connectivity index (χ0v) is 23.8.